The molecular formula is C8H4F3NOS. The second-order valence-corrected chi connectivity index (χ2v) is 3.49. The van der Waals surface area contributed by atoms with Gasteiger partial charge in [0.25, 0.3) is 4.87 Å². The van der Waals surface area contributed by atoms with Crippen molar-refractivity contribution in [2.75, 3.05) is 0 Å². The molecule has 6 heteroatoms. The van der Waals surface area contributed by atoms with Gasteiger partial charge in [-0.2, -0.15) is 0 Å². The molecule has 0 fully saturated rings. The highest BCUT2D eigenvalue weighted by Gasteiger charge is 2.26. The Labute approximate surface area is 80.3 Å². The van der Waals surface area contributed by atoms with E-state index in [-0.39, 0.29) is 4.87 Å². The second-order valence-electron chi connectivity index (χ2n) is 2.50. The maximum absolute atomic E-state index is 11.8. The van der Waals surface area contributed by atoms with Gasteiger partial charge in [-0.25, -0.2) is 0 Å². The standard InChI is InChI=1S/C8H4F3NOS/c9-8(10,11)12-7-13-5-3-1-2-4-6(5)14-7/h1-4H. The third-order valence-corrected chi connectivity index (χ3v) is 2.37. The largest absolute Gasteiger partial charge is 0.507 e. The van der Waals surface area contributed by atoms with Crippen molar-refractivity contribution in [2.45, 2.75) is 6.30 Å². The third-order valence-electron chi connectivity index (χ3n) is 1.46. The fourth-order valence-electron chi connectivity index (χ4n) is 0.977. The molecule has 2 aromatic rings. The van der Waals surface area contributed by atoms with E-state index in [9.17, 15) is 13.2 Å². The van der Waals surface area contributed by atoms with Gasteiger partial charge in [0, 0.05) is 0 Å². The third kappa shape index (κ3) is 1.95. The number of hydrogen-bond acceptors (Lipinski definition) is 3. The van der Waals surface area contributed by atoms with Gasteiger partial charge in [-0.3, -0.25) is 0 Å². The molecule has 0 aliphatic heterocycles. The summed E-state index contributed by atoms with van der Waals surface area (Å²) in [5.41, 5.74) is 0.417. The van der Waals surface area contributed by atoms with Gasteiger partial charge < -0.3 is 4.42 Å². The van der Waals surface area contributed by atoms with E-state index in [0.29, 0.717) is 10.3 Å². The summed E-state index contributed by atoms with van der Waals surface area (Å²) < 4.78 is 41.1. The van der Waals surface area contributed by atoms with Crippen LogP contribution in [0.25, 0.3) is 10.3 Å². The average molecular weight is 219 g/mol. The molecule has 0 aliphatic carbocycles. The van der Waals surface area contributed by atoms with Crippen LogP contribution in [0.15, 0.2) is 33.7 Å². The Bertz CT molecular complexity index is 475. The molecule has 1 aromatic carbocycles. The lowest BCUT2D eigenvalue weighted by atomic mass is 10.4. The summed E-state index contributed by atoms with van der Waals surface area (Å²) in [6.07, 6.45) is -4.58. The summed E-state index contributed by atoms with van der Waals surface area (Å²) in [6, 6.07) is 6.70. The van der Waals surface area contributed by atoms with E-state index < -0.39 is 6.30 Å². The molecule has 0 spiro atoms. The van der Waals surface area contributed by atoms with E-state index in [1.165, 1.54) is 0 Å². The summed E-state index contributed by atoms with van der Waals surface area (Å²) in [6.45, 7) is 0. The highest BCUT2D eigenvalue weighted by atomic mass is 32.1. The van der Waals surface area contributed by atoms with Crippen LogP contribution in [0.2, 0.25) is 0 Å². The Morgan fingerprint density at radius 3 is 2.57 bits per heavy atom. The number of halogens is 3. The number of benzene rings is 1. The van der Waals surface area contributed by atoms with Crippen molar-refractivity contribution in [3.05, 3.63) is 29.1 Å². The first-order valence-electron chi connectivity index (χ1n) is 3.66. The molecular weight excluding hydrogens is 215 g/mol. The first-order chi connectivity index (χ1) is 6.54. The number of rotatable bonds is 0. The zero-order valence-corrected chi connectivity index (χ0v) is 7.52. The highest BCUT2D eigenvalue weighted by molar-refractivity contribution is 7.16. The monoisotopic (exact) mass is 219 g/mol. The molecule has 0 N–H and O–H groups in total. The summed E-state index contributed by atoms with van der Waals surface area (Å²) in [5.74, 6) is 0. The number of nitrogens with zero attached hydrogens (tertiary/aromatic N) is 1. The molecule has 0 atom stereocenters. The minimum absolute atomic E-state index is 0.376. The van der Waals surface area contributed by atoms with Crippen LogP contribution >= 0.6 is 11.3 Å². The van der Waals surface area contributed by atoms with Crippen LogP contribution < -0.4 is 4.87 Å². The first-order valence-corrected chi connectivity index (χ1v) is 4.47. The number of fused-ring (bicyclic) bond motifs is 1. The van der Waals surface area contributed by atoms with Crippen LogP contribution in [0.5, 0.6) is 0 Å². The molecule has 1 heterocycles. The molecule has 0 amide bonds. The Balaban J connectivity index is 2.61. The van der Waals surface area contributed by atoms with Crippen LogP contribution in [0.3, 0.4) is 0 Å². The Kier molecular flexibility index (Phi) is 2.07. The molecule has 0 unspecified atom stereocenters. The smallest absolute Gasteiger partial charge is 0.429 e. The number of hydrogen-bond donors (Lipinski definition) is 0. The zero-order chi connectivity index (χ0) is 10.2. The molecule has 0 saturated carbocycles. The minimum Gasteiger partial charge on any atom is -0.429 e. The summed E-state index contributed by atoms with van der Waals surface area (Å²) in [5, 5.41) is 0. The van der Waals surface area contributed by atoms with Gasteiger partial charge in [-0.15, -0.1) is 18.2 Å². The minimum atomic E-state index is -4.58. The molecule has 14 heavy (non-hydrogen) atoms. The first kappa shape index (κ1) is 9.26. The van der Waals surface area contributed by atoms with Crippen LogP contribution in [0.1, 0.15) is 0 Å². The van der Waals surface area contributed by atoms with Crippen molar-refractivity contribution < 1.29 is 17.6 Å². The maximum Gasteiger partial charge on any atom is 0.507 e. The normalized spacial score (nSPS) is 13.8. The van der Waals surface area contributed by atoms with Gasteiger partial charge >= 0.3 is 6.30 Å². The molecule has 1 aromatic heterocycles. The predicted molar refractivity (Wildman–Crippen MR) is 45.7 cm³/mol. The van der Waals surface area contributed by atoms with Crippen molar-refractivity contribution in [2.24, 2.45) is 4.99 Å². The Morgan fingerprint density at radius 1 is 1.21 bits per heavy atom. The van der Waals surface area contributed by atoms with E-state index in [1.807, 2.05) is 0 Å². The quantitative estimate of drug-likeness (QED) is 0.625. The van der Waals surface area contributed by atoms with Crippen LogP contribution in [-0.2, 0) is 0 Å². The highest BCUT2D eigenvalue weighted by Crippen LogP contribution is 2.19. The molecule has 0 radical (unpaired) electrons. The zero-order valence-electron chi connectivity index (χ0n) is 6.71. The van der Waals surface area contributed by atoms with Gasteiger partial charge in [0.15, 0.2) is 0 Å². The number of para-hydroxylation sites is 1. The number of alkyl halides is 3. The fourth-order valence-corrected chi connectivity index (χ4v) is 1.80. The predicted octanol–water partition coefficient (Wildman–Crippen LogP) is 2.91. The molecule has 0 aliphatic rings. The maximum atomic E-state index is 11.8. The van der Waals surface area contributed by atoms with Crippen molar-refractivity contribution in [1.82, 2.24) is 0 Å². The van der Waals surface area contributed by atoms with Crippen LogP contribution in [0.4, 0.5) is 13.2 Å². The van der Waals surface area contributed by atoms with Crippen molar-refractivity contribution in [3.63, 3.8) is 0 Å². The van der Waals surface area contributed by atoms with Crippen LogP contribution in [0, 0.1) is 0 Å². The van der Waals surface area contributed by atoms with E-state index in [2.05, 4.69) is 4.99 Å². The van der Waals surface area contributed by atoms with Gasteiger partial charge in [0.05, 0.1) is 4.70 Å². The second kappa shape index (κ2) is 3.13. The molecule has 2 rings (SSSR count). The molecule has 2 nitrogen and oxygen atoms in total. The lowest BCUT2D eigenvalue weighted by Crippen LogP contribution is -2.08. The fraction of sp³-hybridized carbons (Fsp3) is 0.125. The van der Waals surface area contributed by atoms with Gasteiger partial charge in [-0.05, 0) is 12.1 Å². The van der Waals surface area contributed by atoms with E-state index in [0.717, 1.165) is 11.3 Å². The van der Waals surface area contributed by atoms with E-state index in [4.69, 9.17) is 4.42 Å². The van der Waals surface area contributed by atoms with Gasteiger partial charge in [0.2, 0.25) is 0 Å². The van der Waals surface area contributed by atoms with Crippen LogP contribution in [-0.4, -0.2) is 6.30 Å². The SMILES string of the molecule is FC(F)(F)N=c1oc2ccccc2s1. The van der Waals surface area contributed by atoms with E-state index in [1.54, 1.807) is 24.3 Å². The van der Waals surface area contributed by atoms with Crippen molar-refractivity contribution >= 4 is 21.6 Å². The molecule has 0 saturated heterocycles. The Hall–Kier alpha value is -1.30. The molecule has 74 valence electrons. The summed E-state index contributed by atoms with van der Waals surface area (Å²) in [7, 11) is 0. The van der Waals surface area contributed by atoms with E-state index >= 15 is 0 Å². The van der Waals surface area contributed by atoms with Crippen molar-refractivity contribution in [3.8, 4) is 0 Å². The summed E-state index contributed by atoms with van der Waals surface area (Å²) >= 11 is 0.871. The van der Waals surface area contributed by atoms with Crippen molar-refractivity contribution in [1.29, 1.82) is 0 Å². The summed E-state index contributed by atoms with van der Waals surface area (Å²) in [4.78, 5) is 2.10. The Morgan fingerprint density at radius 2 is 1.93 bits per heavy atom. The van der Waals surface area contributed by atoms with Gasteiger partial charge in [-0.1, -0.05) is 23.5 Å². The van der Waals surface area contributed by atoms with Gasteiger partial charge in [0.1, 0.15) is 5.58 Å². The average Bonchev–Trinajstić information content (AvgIpc) is 2.42. The lowest BCUT2D eigenvalue weighted by Gasteiger charge is -1.92. The lowest BCUT2D eigenvalue weighted by molar-refractivity contribution is -0.124. The topological polar surface area (TPSA) is 25.5 Å². The molecule has 0 bridgehead atoms.